The molecule has 0 spiro atoms. The molecule has 1 aliphatic carbocycles. The van der Waals surface area contributed by atoms with Gasteiger partial charge in [0.15, 0.2) is 0 Å². The topological polar surface area (TPSA) is 122 Å². The van der Waals surface area contributed by atoms with E-state index in [-0.39, 0.29) is 22.6 Å². The molecule has 1 heterocycles. The Bertz CT molecular complexity index is 1560. The number of carbonyl (C=O) groups excluding carboxylic acids is 3. The number of nitrogens with zero attached hydrogens (tertiary/aromatic N) is 1. The van der Waals surface area contributed by atoms with E-state index in [9.17, 15) is 22.8 Å². The van der Waals surface area contributed by atoms with Crippen molar-refractivity contribution in [2.24, 2.45) is 11.8 Å². The Hall–Kier alpha value is -3.70. The number of benzene rings is 2. The Morgan fingerprint density at radius 2 is 1.67 bits per heavy atom. The second kappa shape index (κ2) is 15.5. The summed E-state index contributed by atoms with van der Waals surface area (Å²) in [6.07, 6.45) is 5.49. The summed E-state index contributed by atoms with van der Waals surface area (Å²) in [5.41, 5.74) is 2.45. The van der Waals surface area contributed by atoms with Gasteiger partial charge in [0.25, 0.3) is 15.9 Å². The fraction of sp³-hybridized carbons (Fsp3) is 0.441. The first-order valence-corrected chi connectivity index (χ1v) is 17.8. The number of amides is 3. The number of hydrogen-bond acceptors (Lipinski definition) is 7. The van der Waals surface area contributed by atoms with Crippen molar-refractivity contribution in [3.8, 4) is 11.1 Å². The van der Waals surface area contributed by atoms with Crippen LogP contribution in [0.4, 0.5) is 4.79 Å². The summed E-state index contributed by atoms with van der Waals surface area (Å²) in [5, 5.41) is 2.47. The van der Waals surface area contributed by atoms with Crippen molar-refractivity contribution >= 4 is 39.3 Å². The maximum absolute atomic E-state index is 13.9. The Morgan fingerprint density at radius 1 is 1.00 bits per heavy atom. The highest BCUT2D eigenvalue weighted by atomic mass is 32.2. The zero-order valence-corrected chi connectivity index (χ0v) is 28.0. The van der Waals surface area contributed by atoms with Crippen LogP contribution in [0.1, 0.15) is 73.7 Å². The Morgan fingerprint density at radius 3 is 2.27 bits per heavy atom. The highest BCUT2D eigenvalue weighted by Crippen LogP contribution is 2.37. The lowest BCUT2D eigenvalue weighted by atomic mass is 9.82. The molecule has 0 unspecified atom stereocenters. The van der Waals surface area contributed by atoms with Gasteiger partial charge in [-0.25, -0.2) is 22.7 Å². The van der Waals surface area contributed by atoms with Crippen molar-refractivity contribution in [2.45, 2.75) is 76.1 Å². The minimum absolute atomic E-state index is 0.00602. The van der Waals surface area contributed by atoms with Gasteiger partial charge >= 0.3 is 12.0 Å². The van der Waals surface area contributed by atoms with Gasteiger partial charge in [-0.05, 0) is 67.3 Å². The van der Waals surface area contributed by atoms with Crippen molar-refractivity contribution in [1.29, 1.82) is 0 Å². The van der Waals surface area contributed by atoms with E-state index in [1.54, 1.807) is 36.1 Å². The number of hydrogen-bond donors (Lipinski definition) is 2. The first-order chi connectivity index (χ1) is 21.5. The fourth-order valence-electron chi connectivity index (χ4n) is 5.87. The van der Waals surface area contributed by atoms with Crippen molar-refractivity contribution in [3.63, 3.8) is 0 Å². The zero-order valence-electron chi connectivity index (χ0n) is 26.4. The third-order valence-corrected chi connectivity index (χ3v) is 11.0. The van der Waals surface area contributed by atoms with E-state index in [1.165, 1.54) is 7.11 Å². The average molecular weight is 654 g/mol. The lowest BCUT2D eigenvalue weighted by Crippen LogP contribution is -2.50. The van der Waals surface area contributed by atoms with Crippen molar-refractivity contribution in [3.05, 3.63) is 76.7 Å². The molecule has 1 saturated carbocycles. The average Bonchev–Trinajstić information content (AvgIpc) is 3.45. The Labute approximate surface area is 270 Å². The second-order valence-corrected chi connectivity index (χ2v) is 14.9. The number of sulfonamides is 1. The molecule has 0 aliphatic heterocycles. The predicted octanol–water partition coefficient (Wildman–Crippen LogP) is 6.39. The van der Waals surface area contributed by atoms with Crippen LogP contribution in [-0.2, 0) is 32.5 Å². The van der Waals surface area contributed by atoms with E-state index in [2.05, 4.69) is 23.9 Å². The summed E-state index contributed by atoms with van der Waals surface area (Å²) < 4.78 is 34.0. The Balaban J connectivity index is 1.70. The molecule has 3 amide bonds. The molecule has 242 valence electrons. The van der Waals surface area contributed by atoms with E-state index in [4.69, 9.17) is 4.74 Å². The number of esters is 1. The van der Waals surface area contributed by atoms with Crippen LogP contribution in [0.3, 0.4) is 0 Å². The van der Waals surface area contributed by atoms with Crippen LogP contribution in [0, 0.1) is 11.8 Å². The largest absolute Gasteiger partial charge is 0.467 e. The van der Waals surface area contributed by atoms with Gasteiger partial charge in [-0.2, -0.15) is 0 Å². The Kier molecular flexibility index (Phi) is 11.8. The second-order valence-electron chi connectivity index (χ2n) is 11.8. The van der Waals surface area contributed by atoms with Crippen LogP contribution in [0.15, 0.2) is 64.9 Å². The number of thiophene rings is 1. The van der Waals surface area contributed by atoms with E-state index in [0.29, 0.717) is 35.6 Å². The number of nitrogens with one attached hydrogen (secondary N) is 2. The van der Waals surface area contributed by atoms with Gasteiger partial charge in [-0.15, -0.1) is 11.3 Å². The van der Waals surface area contributed by atoms with Crippen LogP contribution in [-0.4, -0.2) is 50.9 Å². The highest BCUT2D eigenvalue weighted by Gasteiger charge is 2.38. The lowest BCUT2D eigenvalue weighted by molar-refractivity contribution is -0.149. The molecule has 1 fully saturated rings. The van der Waals surface area contributed by atoms with Gasteiger partial charge in [-0.3, -0.25) is 4.79 Å². The summed E-state index contributed by atoms with van der Waals surface area (Å²) in [4.78, 5) is 41.8. The summed E-state index contributed by atoms with van der Waals surface area (Å²) in [5.74, 6) is -0.367. The highest BCUT2D eigenvalue weighted by molar-refractivity contribution is 7.92. The van der Waals surface area contributed by atoms with Crippen LogP contribution in [0.2, 0.25) is 0 Å². The third kappa shape index (κ3) is 8.73. The fourth-order valence-corrected chi connectivity index (χ4v) is 8.74. The molecule has 11 heteroatoms. The first-order valence-electron chi connectivity index (χ1n) is 15.5. The smallest absolute Gasteiger partial charge is 0.328 e. The van der Waals surface area contributed by atoms with Crippen LogP contribution in [0.25, 0.3) is 11.1 Å². The normalized spacial score (nSPS) is 14.5. The van der Waals surface area contributed by atoms with Crippen molar-refractivity contribution < 1.29 is 27.5 Å². The number of ether oxygens (including phenoxy) is 1. The zero-order chi connectivity index (χ0) is 32.6. The molecule has 4 rings (SSSR count). The molecule has 1 aliphatic rings. The molecule has 1 aromatic heterocycles. The monoisotopic (exact) mass is 653 g/mol. The van der Waals surface area contributed by atoms with Gasteiger partial charge in [0.2, 0.25) is 0 Å². The van der Waals surface area contributed by atoms with Crippen molar-refractivity contribution in [2.75, 3.05) is 13.7 Å². The number of urea groups is 1. The van der Waals surface area contributed by atoms with E-state index in [0.717, 1.165) is 53.9 Å². The quantitative estimate of drug-likeness (QED) is 0.219. The maximum Gasteiger partial charge on any atom is 0.328 e. The molecule has 0 bridgehead atoms. The molecular formula is C34H43N3O6S2. The lowest BCUT2D eigenvalue weighted by Gasteiger charge is -2.37. The minimum atomic E-state index is -4.13. The van der Waals surface area contributed by atoms with Crippen molar-refractivity contribution in [1.82, 2.24) is 14.9 Å². The van der Waals surface area contributed by atoms with Gasteiger partial charge in [0.1, 0.15) is 10.3 Å². The number of methoxy groups -OCH3 is 1. The predicted molar refractivity (Wildman–Crippen MR) is 176 cm³/mol. The molecule has 1 atom stereocenters. The summed E-state index contributed by atoms with van der Waals surface area (Å²) in [6, 6.07) is 16.6. The van der Waals surface area contributed by atoms with E-state index in [1.807, 2.05) is 36.4 Å². The minimum Gasteiger partial charge on any atom is -0.467 e. The number of rotatable bonds is 12. The first kappa shape index (κ1) is 34.2. The number of carbonyl (C=O) groups is 3. The van der Waals surface area contributed by atoms with Crippen LogP contribution in [0.5, 0.6) is 0 Å². The van der Waals surface area contributed by atoms with Gasteiger partial charge in [-0.1, -0.05) is 75.6 Å². The standard InChI is InChI=1S/C34H43N3O6S2/c1-5-35-34(40)36-45(41,42)33-29(21-28(44-33)20-23(2)3)25-18-16-24(17-19-25)22-37(31(38)27-14-10-7-11-15-27)30(32(39)43-4)26-12-8-6-9-13-26/h7,10-11,14-19,21,23,26,30H,5-6,8-9,12-13,20,22H2,1-4H3,(H2,35,36,40)/t30-/m0/s1. The summed E-state index contributed by atoms with van der Waals surface area (Å²) >= 11 is 1.16. The molecule has 0 radical (unpaired) electrons. The molecule has 2 N–H and O–H groups in total. The third-order valence-electron chi connectivity index (χ3n) is 7.94. The maximum atomic E-state index is 13.9. The van der Waals surface area contributed by atoms with Crippen LogP contribution >= 0.6 is 11.3 Å². The molecule has 0 saturated heterocycles. The SMILES string of the molecule is CCNC(=O)NS(=O)(=O)c1sc(CC(C)C)cc1-c1ccc(CN(C(=O)c2ccccc2)[C@H](C(=O)OC)C2CCCCC2)cc1. The molecule has 3 aromatic rings. The summed E-state index contributed by atoms with van der Waals surface area (Å²) in [6.45, 7) is 6.30. The van der Waals surface area contributed by atoms with Gasteiger partial charge in [0, 0.05) is 29.1 Å². The molecular weight excluding hydrogens is 611 g/mol. The molecule has 9 nitrogen and oxygen atoms in total. The van der Waals surface area contributed by atoms with Gasteiger partial charge in [0.05, 0.1) is 7.11 Å². The molecule has 45 heavy (non-hydrogen) atoms. The van der Waals surface area contributed by atoms with Crippen LogP contribution < -0.4 is 10.0 Å². The van der Waals surface area contributed by atoms with E-state index < -0.39 is 28.1 Å². The molecule has 2 aromatic carbocycles. The van der Waals surface area contributed by atoms with E-state index >= 15 is 0 Å². The summed E-state index contributed by atoms with van der Waals surface area (Å²) in [7, 11) is -2.77. The van der Waals surface area contributed by atoms with Gasteiger partial charge < -0.3 is 15.0 Å².